The van der Waals surface area contributed by atoms with Crippen LogP contribution in [0.15, 0.2) is 47.1 Å². The fraction of sp³-hybridized carbons (Fsp3) is 0.0714. The summed E-state index contributed by atoms with van der Waals surface area (Å²) in [6, 6.07) is 10.4. The first-order valence-corrected chi connectivity index (χ1v) is 5.34. The van der Waals surface area contributed by atoms with Gasteiger partial charge < -0.3 is 14.3 Å². The average Bonchev–Trinajstić information content (AvgIpc) is 2.88. The van der Waals surface area contributed by atoms with E-state index in [4.69, 9.17) is 9.15 Å². The highest BCUT2D eigenvalue weighted by Crippen LogP contribution is 2.27. The maximum Gasteiger partial charge on any atom is 0.336 e. The minimum absolute atomic E-state index is 0.127. The zero-order chi connectivity index (χ0) is 13.0. The minimum atomic E-state index is -1.03. The third-order valence-electron chi connectivity index (χ3n) is 2.46. The molecule has 0 bridgehead atoms. The minimum Gasteiger partial charge on any atom is -0.496 e. The van der Waals surface area contributed by atoms with Crippen LogP contribution in [0.4, 0.5) is 0 Å². The van der Waals surface area contributed by atoms with E-state index in [1.54, 1.807) is 36.4 Å². The number of hydrogen-bond acceptors (Lipinski definition) is 3. The molecular weight excluding hydrogens is 232 g/mol. The molecule has 0 atom stereocenters. The molecule has 1 N–H and O–H groups in total. The van der Waals surface area contributed by atoms with Crippen molar-refractivity contribution < 1.29 is 19.1 Å². The zero-order valence-corrected chi connectivity index (χ0v) is 9.79. The monoisotopic (exact) mass is 244 g/mol. The predicted molar refractivity (Wildman–Crippen MR) is 67.2 cm³/mol. The van der Waals surface area contributed by atoms with Crippen molar-refractivity contribution in [3.63, 3.8) is 0 Å². The summed E-state index contributed by atoms with van der Waals surface area (Å²) in [6.45, 7) is 0. The van der Waals surface area contributed by atoms with Crippen molar-refractivity contribution in [2.24, 2.45) is 0 Å². The van der Waals surface area contributed by atoms with Gasteiger partial charge in [-0.1, -0.05) is 18.2 Å². The highest BCUT2D eigenvalue weighted by molar-refractivity contribution is 6.21. The number of carbonyl (C=O) groups is 1. The molecule has 0 aliphatic heterocycles. The van der Waals surface area contributed by atoms with Gasteiger partial charge in [-0.2, -0.15) is 0 Å². The number of carboxylic acids is 1. The summed E-state index contributed by atoms with van der Waals surface area (Å²) in [6.07, 6.45) is 2.97. The number of para-hydroxylation sites is 1. The maximum absolute atomic E-state index is 11.3. The highest BCUT2D eigenvalue weighted by atomic mass is 16.5. The fourth-order valence-corrected chi connectivity index (χ4v) is 1.64. The number of benzene rings is 1. The third kappa shape index (κ3) is 2.43. The van der Waals surface area contributed by atoms with Gasteiger partial charge in [-0.15, -0.1) is 0 Å². The number of carboxylic acid groups (broad SMARTS) is 1. The summed E-state index contributed by atoms with van der Waals surface area (Å²) in [5, 5.41) is 9.28. The standard InChI is InChI=1S/C14H12O4/c1-17-13-7-3-2-6-11(13)12(14(15)16)9-10-5-4-8-18-10/h2-9H,1H3,(H,15,16)/b12-9+. The Bertz CT molecular complexity index is 567. The van der Waals surface area contributed by atoms with E-state index in [-0.39, 0.29) is 5.57 Å². The smallest absolute Gasteiger partial charge is 0.336 e. The molecule has 4 heteroatoms. The molecule has 1 aromatic carbocycles. The molecule has 4 nitrogen and oxygen atoms in total. The molecular formula is C14H12O4. The van der Waals surface area contributed by atoms with Crippen LogP contribution in [0.3, 0.4) is 0 Å². The lowest BCUT2D eigenvalue weighted by Gasteiger charge is -2.08. The summed E-state index contributed by atoms with van der Waals surface area (Å²) in [5.74, 6) is -0.0353. The predicted octanol–water partition coefficient (Wildman–Crippen LogP) is 2.91. The number of methoxy groups -OCH3 is 1. The van der Waals surface area contributed by atoms with Crippen LogP contribution in [0.5, 0.6) is 5.75 Å². The summed E-state index contributed by atoms with van der Waals surface area (Å²) >= 11 is 0. The Morgan fingerprint density at radius 2 is 2.06 bits per heavy atom. The Labute approximate surface area is 104 Å². The molecule has 0 radical (unpaired) electrons. The van der Waals surface area contributed by atoms with Crippen molar-refractivity contribution >= 4 is 17.6 Å². The first-order chi connectivity index (χ1) is 8.72. The molecule has 1 heterocycles. The molecule has 2 aromatic rings. The van der Waals surface area contributed by atoms with Gasteiger partial charge >= 0.3 is 5.97 Å². The topological polar surface area (TPSA) is 59.7 Å². The van der Waals surface area contributed by atoms with E-state index in [1.807, 2.05) is 0 Å². The number of rotatable bonds is 4. The van der Waals surface area contributed by atoms with Gasteiger partial charge in [-0.25, -0.2) is 4.79 Å². The lowest BCUT2D eigenvalue weighted by molar-refractivity contribution is -0.130. The molecule has 0 unspecified atom stereocenters. The zero-order valence-electron chi connectivity index (χ0n) is 9.79. The maximum atomic E-state index is 11.3. The van der Waals surface area contributed by atoms with Gasteiger partial charge in [0.25, 0.3) is 0 Å². The van der Waals surface area contributed by atoms with Crippen molar-refractivity contribution in [1.29, 1.82) is 0 Å². The molecule has 0 amide bonds. The molecule has 0 fully saturated rings. The Balaban J connectivity index is 2.52. The van der Waals surface area contributed by atoms with E-state index in [1.165, 1.54) is 19.4 Å². The molecule has 0 saturated carbocycles. The van der Waals surface area contributed by atoms with Crippen LogP contribution < -0.4 is 4.74 Å². The molecule has 2 rings (SSSR count). The molecule has 0 aliphatic carbocycles. The van der Waals surface area contributed by atoms with Gasteiger partial charge in [-0.3, -0.25) is 0 Å². The van der Waals surface area contributed by atoms with E-state index >= 15 is 0 Å². The van der Waals surface area contributed by atoms with Crippen LogP contribution in [-0.4, -0.2) is 18.2 Å². The number of furan rings is 1. The van der Waals surface area contributed by atoms with Crippen molar-refractivity contribution in [3.8, 4) is 5.75 Å². The molecule has 92 valence electrons. The van der Waals surface area contributed by atoms with Crippen LogP contribution in [0.2, 0.25) is 0 Å². The highest BCUT2D eigenvalue weighted by Gasteiger charge is 2.15. The van der Waals surface area contributed by atoms with Crippen LogP contribution in [0.25, 0.3) is 11.6 Å². The van der Waals surface area contributed by atoms with Gasteiger partial charge in [-0.05, 0) is 24.3 Å². The summed E-state index contributed by atoms with van der Waals surface area (Å²) in [7, 11) is 1.51. The van der Waals surface area contributed by atoms with Crippen LogP contribution in [0.1, 0.15) is 11.3 Å². The summed E-state index contributed by atoms with van der Waals surface area (Å²) in [5.41, 5.74) is 0.645. The number of hydrogen-bond donors (Lipinski definition) is 1. The van der Waals surface area contributed by atoms with Gasteiger partial charge in [0.15, 0.2) is 0 Å². The summed E-state index contributed by atoms with van der Waals surface area (Å²) < 4.78 is 10.3. The normalized spacial score (nSPS) is 11.3. The van der Waals surface area contributed by atoms with E-state index in [2.05, 4.69) is 0 Å². The van der Waals surface area contributed by atoms with Crippen molar-refractivity contribution in [3.05, 3.63) is 54.0 Å². The molecule has 18 heavy (non-hydrogen) atoms. The Morgan fingerprint density at radius 1 is 1.28 bits per heavy atom. The van der Waals surface area contributed by atoms with Crippen molar-refractivity contribution in [2.45, 2.75) is 0 Å². The second-order valence-corrected chi connectivity index (χ2v) is 3.58. The number of ether oxygens (including phenoxy) is 1. The molecule has 0 aliphatic rings. The Kier molecular flexibility index (Phi) is 3.48. The lowest BCUT2D eigenvalue weighted by atomic mass is 10.0. The lowest BCUT2D eigenvalue weighted by Crippen LogP contribution is -2.01. The van der Waals surface area contributed by atoms with Gasteiger partial charge in [0, 0.05) is 5.56 Å². The molecule has 0 saturated heterocycles. The van der Waals surface area contributed by atoms with Crippen LogP contribution in [-0.2, 0) is 4.79 Å². The fourth-order valence-electron chi connectivity index (χ4n) is 1.64. The molecule has 0 spiro atoms. The second-order valence-electron chi connectivity index (χ2n) is 3.58. The summed E-state index contributed by atoms with van der Waals surface area (Å²) in [4.78, 5) is 11.3. The largest absolute Gasteiger partial charge is 0.496 e. The Hall–Kier alpha value is -2.49. The first-order valence-electron chi connectivity index (χ1n) is 5.34. The SMILES string of the molecule is COc1ccccc1/C(=C\c1ccco1)C(=O)O. The van der Waals surface area contributed by atoms with Gasteiger partial charge in [0.1, 0.15) is 11.5 Å². The van der Waals surface area contributed by atoms with Gasteiger partial charge in [0.05, 0.1) is 18.9 Å². The Morgan fingerprint density at radius 3 is 2.67 bits per heavy atom. The molecule has 1 aromatic heterocycles. The van der Waals surface area contributed by atoms with Crippen molar-refractivity contribution in [1.82, 2.24) is 0 Å². The third-order valence-corrected chi connectivity index (χ3v) is 2.46. The van der Waals surface area contributed by atoms with E-state index in [0.717, 1.165) is 0 Å². The van der Waals surface area contributed by atoms with E-state index in [9.17, 15) is 9.90 Å². The van der Waals surface area contributed by atoms with E-state index in [0.29, 0.717) is 17.1 Å². The van der Waals surface area contributed by atoms with Crippen molar-refractivity contribution in [2.75, 3.05) is 7.11 Å². The second kappa shape index (κ2) is 5.23. The quantitative estimate of drug-likeness (QED) is 0.840. The average molecular weight is 244 g/mol. The van der Waals surface area contributed by atoms with Gasteiger partial charge in [0.2, 0.25) is 0 Å². The van der Waals surface area contributed by atoms with E-state index < -0.39 is 5.97 Å². The first kappa shape index (κ1) is 12.0. The van der Waals surface area contributed by atoms with Crippen LogP contribution in [0, 0.1) is 0 Å². The van der Waals surface area contributed by atoms with Crippen LogP contribution >= 0.6 is 0 Å². The number of aliphatic carboxylic acids is 1.